The number of hydrogen-bond donors (Lipinski definition) is 3. The summed E-state index contributed by atoms with van der Waals surface area (Å²) < 4.78 is 0. The van der Waals surface area contributed by atoms with E-state index in [0.29, 0.717) is 18.3 Å². The van der Waals surface area contributed by atoms with E-state index in [-0.39, 0.29) is 0 Å². The van der Waals surface area contributed by atoms with Crippen LogP contribution in [0.3, 0.4) is 0 Å². The molecule has 1 aliphatic heterocycles. The van der Waals surface area contributed by atoms with Crippen molar-refractivity contribution in [1.82, 2.24) is 9.97 Å². The molecule has 6 heteroatoms. The van der Waals surface area contributed by atoms with Gasteiger partial charge in [0.15, 0.2) is 6.23 Å². The van der Waals surface area contributed by atoms with Gasteiger partial charge in [-0.15, -0.1) is 0 Å². The topological polar surface area (TPSA) is 85.7 Å². The zero-order chi connectivity index (χ0) is 14.3. The molecule has 0 bridgehead atoms. The molecular weight excluding hydrogens is 254 g/mol. The van der Waals surface area contributed by atoms with Gasteiger partial charge in [0.25, 0.3) is 0 Å². The molecule has 3 N–H and O–H groups in total. The van der Waals surface area contributed by atoms with Crippen LogP contribution in [0.15, 0.2) is 22.1 Å². The van der Waals surface area contributed by atoms with Gasteiger partial charge in [-0.05, 0) is 44.0 Å². The Morgan fingerprint density at radius 1 is 1.25 bits per heavy atom. The number of aliphatic hydroxyl groups excluding tert-OH is 1. The van der Waals surface area contributed by atoms with Gasteiger partial charge in [-0.2, -0.15) is 0 Å². The third-order valence-electron chi connectivity index (χ3n) is 3.37. The molecule has 2 aromatic rings. The lowest BCUT2D eigenvalue weighted by atomic mass is 10.1. The number of imidazole rings is 1. The van der Waals surface area contributed by atoms with Gasteiger partial charge in [-0.3, -0.25) is 5.32 Å². The molecular formula is C14H17N5O. The molecule has 20 heavy (non-hydrogen) atoms. The number of benzene rings is 1. The van der Waals surface area contributed by atoms with Gasteiger partial charge in [0, 0.05) is 12.1 Å². The molecule has 0 saturated carbocycles. The van der Waals surface area contributed by atoms with Crippen molar-refractivity contribution < 1.29 is 5.11 Å². The van der Waals surface area contributed by atoms with Crippen molar-refractivity contribution in [3.05, 3.63) is 23.3 Å². The molecule has 0 saturated heterocycles. The minimum atomic E-state index is -0.733. The first-order valence-corrected chi connectivity index (χ1v) is 6.55. The highest BCUT2D eigenvalue weighted by Crippen LogP contribution is 2.19. The Bertz CT molecular complexity index is 689. The predicted molar refractivity (Wildman–Crippen MR) is 80.4 cm³/mol. The van der Waals surface area contributed by atoms with Gasteiger partial charge in [-0.25, -0.2) is 15.0 Å². The van der Waals surface area contributed by atoms with E-state index < -0.39 is 6.23 Å². The number of rotatable bonds is 1. The average Bonchev–Trinajstić information content (AvgIpc) is 2.69. The van der Waals surface area contributed by atoms with E-state index >= 15 is 0 Å². The van der Waals surface area contributed by atoms with E-state index in [2.05, 4.69) is 45.2 Å². The molecule has 1 aliphatic rings. The second kappa shape index (κ2) is 4.72. The van der Waals surface area contributed by atoms with Crippen LogP contribution in [0, 0.1) is 13.8 Å². The van der Waals surface area contributed by atoms with E-state index in [4.69, 9.17) is 0 Å². The lowest BCUT2D eigenvalue weighted by Crippen LogP contribution is -2.23. The van der Waals surface area contributed by atoms with Crippen LogP contribution in [-0.4, -0.2) is 33.0 Å². The van der Waals surface area contributed by atoms with E-state index in [9.17, 15) is 5.11 Å². The monoisotopic (exact) mass is 271 g/mol. The first kappa shape index (κ1) is 12.8. The summed E-state index contributed by atoms with van der Waals surface area (Å²) >= 11 is 0. The number of aliphatic imine (C=N–C) groups is 2. The van der Waals surface area contributed by atoms with Crippen molar-refractivity contribution in [3.63, 3.8) is 0 Å². The fourth-order valence-corrected chi connectivity index (χ4v) is 2.20. The average molecular weight is 271 g/mol. The van der Waals surface area contributed by atoms with Crippen LogP contribution in [0.4, 0.5) is 5.95 Å². The van der Waals surface area contributed by atoms with Crippen LogP contribution in [0.25, 0.3) is 11.0 Å². The summed E-state index contributed by atoms with van der Waals surface area (Å²) in [4.78, 5) is 16.0. The lowest BCUT2D eigenvalue weighted by molar-refractivity contribution is 0.191. The number of hydrogen-bond acceptors (Lipinski definition) is 5. The molecule has 0 radical (unpaired) electrons. The number of fused-ring (bicyclic) bond motifs is 1. The third kappa shape index (κ3) is 2.42. The van der Waals surface area contributed by atoms with Gasteiger partial charge in [0.1, 0.15) is 0 Å². The number of anilines is 1. The van der Waals surface area contributed by atoms with Crippen LogP contribution in [0.5, 0.6) is 0 Å². The number of nitrogens with zero attached hydrogens (tertiary/aromatic N) is 3. The Morgan fingerprint density at radius 3 is 2.75 bits per heavy atom. The van der Waals surface area contributed by atoms with Gasteiger partial charge < -0.3 is 10.1 Å². The maximum absolute atomic E-state index is 9.60. The van der Waals surface area contributed by atoms with Crippen molar-refractivity contribution in [3.8, 4) is 0 Å². The molecule has 1 aromatic heterocycles. The number of aryl methyl sites for hydroxylation is 2. The van der Waals surface area contributed by atoms with Gasteiger partial charge in [0.05, 0.1) is 11.0 Å². The van der Waals surface area contributed by atoms with Crippen molar-refractivity contribution in [1.29, 1.82) is 0 Å². The molecule has 0 amide bonds. The van der Waals surface area contributed by atoms with Gasteiger partial charge >= 0.3 is 0 Å². The maximum Gasteiger partial charge on any atom is 0.227 e. The Balaban J connectivity index is 1.92. The lowest BCUT2D eigenvalue weighted by Gasteiger charge is -2.13. The fraction of sp³-hybridized carbons (Fsp3) is 0.357. The zero-order valence-corrected chi connectivity index (χ0v) is 11.7. The van der Waals surface area contributed by atoms with Crippen molar-refractivity contribution in [2.45, 2.75) is 33.4 Å². The Kier molecular flexibility index (Phi) is 3.02. The highest BCUT2D eigenvalue weighted by atomic mass is 16.3. The molecule has 104 valence electrons. The standard InChI is InChI=1S/C14H17N5O/c1-7-4-10-11(5-8(7)2)17-14(16-10)19-13-15-9(3)6-12(20)18-13/h4-5,12,20H,6H2,1-3H3,(H2,16,17,18,19). The van der Waals surface area contributed by atoms with E-state index in [1.165, 1.54) is 11.1 Å². The van der Waals surface area contributed by atoms with E-state index in [1.54, 1.807) is 0 Å². The number of aliphatic hydroxyl groups is 1. The smallest absolute Gasteiger partial charge is 0.227 e. The second-order valence-corrected chi connectivity index (χ2v) is 5.15. The number of H-pyrrole nitrogens is 1. The number of guanidine groups is 1. The number of aromatic nitrogens is 2. The second-order valence-electron chi connectivity index (χ2n) is 5.15. The Hall–Kier alpha value is -2.21. The summed E-state index contributed by atoms with van der Waals surface area (Å²) in [6, 6.07) is 4.10. The minimum Gasteiger partial charge on any atom is -0.371 e. The van der Waals surface area contributed by atoms with E-state index in [0.717, 1.165) is 16.7 Å². The summed E-state index contributed by atoms with van der Waals surface area (Å²) in [6.45, 7) is 5.99. The molecule has 0 aliphatic carbocycles. The Morgan fingerprint density at radius 2 is 2.00 bits per heavy atom. The fourth-order valence-electron chi connectivity index (χ4n) is 2.20. The summed E-state index contributed by atoms with van der Waals surface area (Å²) in [5.74, 6) is 0.961. The van der Waals surface area contributed by atoms with Gasteiger partial charge in [-0.1, -0.05) is 0 Å². The predicted octanol–water partition coefficient (Wildman–Crippen LogP) is 2.13. The molecule has 0 fully saturated rings. The molecule has 3 rings (SSSR count). The van der Waals surface area contributed by atoms with Gasteiger partial charge in [0.2, 0.25) is 11.9 Å². The van der Waals surface area contributed by atoms with Crippen LogP contribution in [-0.2, 0) is 0 Å². The van der Waals surface area contributed by atoms with Crippen molar-refractivity contribution in [2.75, 3.05) is 5.32 Å². The molecule has 1 unspecified atom stereocenters. The van der Waals surface area contributed by atoms with Crippen LogP contribution in [0.1, 0.15) is 24.5 Å². The molecule has 0 spiro atoms. The largest absolute Gasteiger partial charge is 0.371 e. The van der Waals surface area contributed by atoms with Crippen LogP contribution < -0.4 is 5.32 Å². The van der Waals surface area contributed by atoms with E-state index in [1.807, 2.05) is 13.0 Å². The van der Waals surface area contributed by atoms with Crippen LogP contribution in [0.2, 0.25) is 0 Å². The minimum absolute atomic E-state index is 0.383. The number of nitrogens with one attached hydrogen (secondary N) is 2. The number of aromatic amines is 1. The maximum atomic E-state index is 9.60. The van der Waals surface area contributed by atoms with Crippen molar-refractivity contribution >= 4 is 28.7 Å². The zero-order valence-electron chi connectivity index (χ0n) is 11.7. The molecule has 2 heterocycles. The third-order valence-corrected chi connectivity index (χ3v) is 3.37. The summed E-state index contributed by atoms with van der Waals surface area (Å²) in [7, 11) is 0. The Labute approximate surface area is 116 Å². The highest BCUT2D eigenvalue weighted by Gasteiger charge is 2.14. The normalized spacial score (nSPS) is 18.9. The molecule has 1 atom stereocenters. The summed E-state index contributed by atoms with van der Waals surface area (Å²) in [5.41, 5.74) is 5.13. The highest BCUT2D eigenvalue weighted by molar-refractivity contribution is 6.04. The quantitative estimate of drug-likeness (QED) is 0.742. The van der Waals surface area contributed by atoms with Crippen molar-refractivity contribution in [2.24, 2.45) is 9.98 Å². The first-order chi connectivity index (χ1) is 9.51. The van der Waals surface area contributed by atoms with Crippen LogP contribution >= 0.6 is 0 Å². The molecule has 1 aromatic carbocycles. The SMILES string of the molecule is CC1=NC(Nc2nc3cc(C)c(C)cc3[nH]2)=NC(O)C1. The summed E-state index contributed by atoms with van der Waals surface area (Å²) in [5, 5.41) is 12.6. The summed E-state index contributed by atoms with van der Waals surface area (Å²) in [6.07, 6.45) is -0.257. The molecule has 6 nitrogen and oxygen atoms in total. The first-order valence-electron chi connectivity index (χ1n) is 6.55.